The number of aryl methyl sites for hydroxylation is 2. The Morgan fingerprint density at radius 1 is 0.759 bits per heavy atom. The molecule has 0 aliphatic carbocycles. The van der Waals surface area contributed by atoms with E-state index in [1.54, 1.807) is 6.07 Å². The van der Waals surface area contributed by atoms with Crippen molar-refractivity contribution in [2.45, 2.75) is 39.5 Å². The molecule has 0 spiro atoms. The highest BCUT2D eigenvalue weighted by molar-refractivity contribution is 5.65. The smallest absolute Gasteiger partial charge is 0.159 e. The van der Waals surface area contributed by atoms with Crippen LogP contribution in [-0.4, -0.2) is 0 Å². The monoisotopic (exact) mass is 392 g/mol. The Hall–Kier alpha value is -2.99. The van der Waals surface area contributed by atoms with Gasteiger partial charge in [-0.2, -0.15) is 0 Å². The summed E-state index contributed by atoms with van der Waals surface area (Å²) < 4.78 is 41.0. The molecule has 0 aliphatic rings. The van der Waals surface area contributed by atoms with E-state index in [1.807, 2.05) is 13.0 Å². The van der Waals surface area contributed by atoms with Crippen LogP contribution >= 0.6 is 0 Å². The van der Waals surface area contributed by atoms with Crippen LogP contribution in [0.4, 0.5) is 13.2 Å². The topological polar surface area (TPSA) is 0 Å². The molecule has 0 heterocycles. The zero-order valence-electron chi connectivity index (χ0n) is 16.7. The van der Waals surface area contributed by atoms with Crippen molar-refractivity contribution in [2.75, 3.05) is 0 Å². The fourth-order valence-electron chi connectivity index (χ4n) is 3.23. The predicted octanol–water partition coefficient (Wildman–Crippen LogP) is 7.21. The van der Waals surface area contributed by atoms with E-state index in [0.29, 0.717) is 5.56 Å². The molecular weight excluding hydrogens is 369 g/mol. The molecule has 0 bridgehead atoms. The van der Waals surface area contributed by atoms with Crippen molar-refractivity contribution in [1.82, 2.24) is 0 Å². The molecule has 0 fully saturated rings. The van der Waals surface area contributed by atoms with Crippen LogP contribution in [0, 0.1) is 36.2 Å². The normalized spacial score (nSPS) is 10.5. The molecule has 3 heteroatoms. The molecule has 3 rings (SSSR count). The molecule has 3 aromatic carbocycles. The van der Waals surface area contributed by atoms with Crippen LogP contribution in [0.5, 0.6) is 0 Å². The van der Waals surface area contributed by atoms with Gasteiger partial charge in [-0.1, -0.05) is 55.9 Å². The number of hydrogen-bond acceptors (Lipinski definition) is 0. The highest BCUT2D eigenvalue weighted by Crippen LogP contribution is 2.25. The van der Waals surface area contributed by atoms with Crippen molar-refractivity contribution < 1.29 is 13.2 Å². The molecule has 148 valence electrons. The Balaban J connectivity index is 1.79. The lowest BCUT2D eigenvalue weighted by atomic mass is 10.0. The van der Waals surface area contributed by atoms with Crippen molar-refractivity contribution in [3.05, 3.63) is 94.3 Å². The van der Waals surface area contributed by atoms with Crippen molar-refractivity contribution in [1.29, 1.82) is 0 Å². The number of benzene rings is 3. The van der Waals surface area contributed by atoms with Crippen LogP contribution < -0.4 is 0 Å². The minimum absolute atomic E-state index is 0.210. The largest absolute Gasteiger partial charge is 0.206 e. The SMILES string of the molecule is CCCCCc1ccc(C#Cc2ccc(-c3ccc(F)c(F)c3)c(F)c2)c(C)c1. The van der Waals surface area contributed by atoms with Gasteiger partial charge in [0.25, 0.3) is 0 Å². The van der Waals surface area contributed by atoms with Crippen LogP contribution in [0.2, 0.25) is 0 Å². The van der Waals surface area contributed by atoms with Crippen molar-refractivity contribution in [2.24, 2.45) is 0 Å². The number of unbranched alkanes of at least 4 members (excludes halogenated alkanes) is 2. The van der Waals surface area contributed by atoms with Crippen molar-refractivity contribution >= 4 is 0 Å². The Morgan fingerprint density at radius 3 is 2.28 bits per heavy atom. The highest BCUT2D eigenvalue weighted by atomic mass is 19.2. The lowest BCUT2D eigenvalue weighted by Gasteiger charge is -2.05. The van der Waals surface area contributed by atoms with Gasteiger partial charge in [-0.15, -0.1) is 0 Å². The maximum atomic E-state index is 14.5. The summed E-state index contributed by atoms with van der Waals surface area (Å²) in [5.74, 6) is 3.61. The molecule has 0 unspecified atom stereocenters. The van der Waals surface area contributed by atoms with Crippen LogP contribution in [0.25, 0.3) is 11.1 Å². The number of halogens is 3. The van der Waals surface area contributed by atoms with Crippen LogP contribution in [0.15, 0.2) is 54.6 Å². The molecule has 0 N–H and O–H groups in total. The maximum Gasteiger partial charge on any atom is 0.159 e. The maximum absolute atomic E-state index is 14.5. The third-order valence-corrected chi connectivity index (χ3v) is 4.90. The van der Waals surface area contributed by atoms with Gasteiger partial charge in [0.05, 0.1) is 0 Å². The number of hydrogen-bond donors (Lipinski definition) is 0. The van der Waals surface area contributed by atoms with Gasteiger partial charge in [0, 0.05) is 16.7 Å². The Kier molecular flexibility index (Phi) is 6.77. The van der Waals surface area contributed by atoms with E-state index in [9.17, 15) is 13.2 Å². The lowest BCUT2D eigenvalue weighted by Crippen LogP contribution is -1.91. The van der Waals surface area contributed by atoms with E-state index in [0.717, 1.165) is 29.7 Å². The average molecular weight is 392 g/mol. The van der Waals surface area contributed by atoms with E-state index in [-0.39, 0.29) is 11.1 Å². The molecule has 0 atom stereocenters. The Morgan fingerprint density at radius 2 is 1.59 bits per heavy atom. The second-order valence-corrected chi connectivity index (χ2v) is 7.18. The van der Waals surface area contributed by atoms with Crippen molar-refractivity contribution in [3.63, 3.8) is 0 Å². The first-order chi connectivity index (χ1) is 14.0. The van der Waals surface area contributed by atoms with Crippen LogP contribution in [-0.2, 0) is 6.42 Å². The molecule has 0 aromatic heterocycles. The van der Waals surface area contributed by atoms with Gasteiger partial charge < -0.3 is 0 Å². The molecule has 29 heavy (non-hydrogen) atoms. The summed E-state index contributed by atoms with van der Waals surface area (Å²) >= 11 is 0. The summed E-state index contributed by atoms with van der Waals surface area (Å²) in [6.07, 6.45) is 4.68. The van der Waals surface area contributed by atoms with Gasteiger partial charge >= 0.3 is 0 Å². The molecular formula is C26H23F3. The summed E-state index contributed by atoms with van der Waals surface area (Å²) in [5, 5.41) is 0. The van der Waals surface area contributed by atoms with Crippen LogP contribution in [0.3, 0.4) is 0 Å². The standard InChI is InChI=1S/C26H23F3/c1-3-4-5-6-19-7-10-21(18(2)15-19)11-8-20-9-13-23(25(28)16-20)22-12-14-24(27)26(29)17-22/h7,9-10,12-17H,3-6H2,1-2H3. The van der Waals surface area contributed by atoms with Gasteiger partial charge in [-0.3, -0.25) is 0 Å². The van der Waals surface area contributed by atoms with Crippen molar-refractivity contribution in [3.8, 4) is 23.0 Å². The summed E-state index contributed by atoms with van der Waals surface area (Å²) in [5.41, 5.74) is 4.35. The molecule has 0 aliphatic heterocycles. The number of rotatable bonds is 5. The summed E-state index contributed by atoms with van der Waals surface area (Å²) in [4.78, 5) is 0. The van der Waals surface area contributed by atoms with Gasteiger partial charge in [0.2, 0.25) is 0 Å². The Labute approximate surface area is 170 Å². The highest BCUT2D eigenvalue weighted by Gasteiger charge is 2.09. The summed E-state index contributed by atoms with van der Waals surface area (Å²) in [6, 6.07) is 14.1. The van der Waals surface area contributed by atoms with E-state index in [1.165, 1.54) is 43.0 Å². The van der Waals surface area contributed by atoms with E-state index < -0.39 is 17.5 Å². The minimum Gasteiger partial charge on any atom is -0.206 e. The summed E-state index contributed by atoms with van der Waals surface area (Å²) in [6.45, 7) is 4.22. The van der Waals surface area contributed by atoms with E-state index in [4.69, 9.17) is 0 Å². The quantitative estimate of drug-likeness (QED) is 0.318. The van der Waals surface area contributed by atoms with Gasteiger partial charge in [-0.25, -0.2) is 13.2 Å². The minimum atomic E-state index is -1.00. The zero-order valence-corrected chi connectivity index (χ0v) is 16.7. The average Bonchev–Trinajstić information content (AvgIpc) is 2.70. The molecule has 0 saturated heterocycles. The lowest BCUT2D eigenvalue weighted by molar-refractivity contribution is 0.509. The zero-order chi connectivity index (χ0) is 20.8. The van der Waals surface area contributed by atoms with Crippen LogP contribution in [0.1, 0.15) is 48.4 Å². The van der Waals surface area contributed by atoms with E-state index in [2.05, 4.69) is 30.9 Å². The fraction of sp³-hybridized carbons (Fsp3) is 0.231. The second kappa shape index (κ2) is 9.47. The molecule has 0 amide bonds. The molecule has 0 radical (unpaired) electrons. The third kappa shape index (κ3) is 5.29. The van der Waals surface area contributed by atoms with E-state index >= 15 is 0 Å². The molecule has 0 saturated carbocycles. The van der Waals surface area contributed by atoms with Gasteiger partial charge in [-0.05, 0) is 66.8 Å². The second-order valence-electron chi connectivity index (χ2n) is 7.18. The first kappa shape index (κ1) is 20.7. The summed E-state index contributed by atoms with van der Waals surface area (Å²) in [7, 11) is 0. The molecule has 0 nitrogen and oxygen atoms in total. The van der Waals surface area contributed by atoms with Gasteiger partial charge in [0.15, 0.2) is 11.6 Å². The van der Waals surface area contributed by atoms with Gasteiger partial charge in [0.1, 0.15) is 5.82 Å². The third-order valence-electron chi connectivity index (χ3n) is 4.90. The fourth-order valence-corrected chi connectivity index (χ4v) is 3.23. The first-order valence-corrected chi connectivity index (χ1v) is 9.84. The molecule has 3 aromatic rings. The Bertz CT molecular complexity index is 1070. The first-order valence-electron chi connectivity index (χ1n) is 9.84. The predicted molar refractivity (Wildman–Crippen MR) is 112 cm³/mol.